The fraction of sp³-hybridized carbons (Fsp3) is 1.00. The molecule has 0 aromatic rings. The average Bonchev–Trinajstić information content (AvgIpc) is 2.96. The molecule has 0 aromatic heterocycles. The molecular formula is C36H74O4. The van der Waals surface area contributed by atoms with Gasteiger partial charge in [0.05, 0.1) is 25.4 Å². The Morgan fingerprint density at radius 1 is 0.350 bits per heavy atom. The number of unbranched alkanes of at least 4 members (excludes halogenated alkanes) is 24. The number of aliphatic hydroxyl groups is 2. The van der Waals surface area contributed by atoms with Crippen molar-refractivity contribution in [1.82, 2.24) is 0 Å². The van der Waals surface area contributed by atoms with Crippen molar-refractivity contribution >= 4 is 0 Å². The molecule has 2 N–H and O–H groups in total. The van der Waals surface area contributed by atoms with E-state index in [1.807, 2.05) is 0 Å². The van der Waals surface area contributed by atoms with Gasteiger partial charge in [0.1, 0.15) is 0 Å². The Labute approximate surface area is 251 Å². The Balaban J connectivity index is 3.26. The second-order valence-corrected chi connectivity index (χ2v) is 12.5. The van der Waals surface area contributed by atoms with E-state index in [4.69, 9.17) is 9.47 Å². The first-order valence-electron chi connectivity index (χ1n) is 18.2. The van der Waals surface area contributed by atoms with Gasteiger partial charge in [0.15, 0.2) is 0 Å². The lowest BCUT2D eigenvalue weighted by atomic mass is 10.0. The summed E-state index contributed by atoms with van der Waals surface area (Å²) in [6.07, 6.45) is 35.3. The molecule has 0 aliphatic carbocycles. The van der Waals surface area contributed by atoms with Crippen LogP contribution in [0.4, 0.5) is 0 Å². The topological polar surface area (TPSA) is 58.9 Å². The number of ether oxygens (including phenoxy) is 2. The van der Waals surface area contributed by atoms with Crippen LogP contribution in [-0.2, 0) is 9.47 Å². The van der Waals surface area contributed by atoms with Crippen LogP contribution < -0.4 is 0 Å². The number of rotatable bonds is 35. The Hall–Kier alpha value is -0.160. The molecule has 4 heteroatoms. The molecule has 0 aliphatic heterocycles. The monoisotopic (exact) mass is 571 g/mol. The van der Waals surface area contributed by atoms with Crippen molar-refractivity contribution in [2.24, 2.45) is 0 Å². The lowest BCUT2D eigenvalue weighted by molar-refractivity contribution is 0.00316. The minimum absolute atomic E-state index is 0.380. The summed E-state index contributed by atoms with van der Waals surface area (Å²) in [6.45, 7) is 6.79. The fourth-order valence-corrected chi connectivity index (χ4v) is 5.43. The van der Waals surface area contributed by atoms with Gasteiger partial charge in [-0.3, -0.25) is 0 Å². The van der Waals surface area contributed by atoms with Gasteiger partial charge in [-0.25, -0.2) is 0 Å². The quantitative estimate of drug-likeness (QED) is 0.0744. The van der Waals surface area contributed by atoms with Crippen LogP contribution in [0.15, 0.2) is 0 Å². The highest BCUT2D eigenvalue weighted by atomic mass is 16.5. The Morgan fingerprint density at radius 2 is 0.575 bits per heavy atom. The Bertz CT molecular complexity index is 405. The summed E-state index contributed by atoms with van der Waals surface area (Å²) in [5, 5.41) is 20.3. The molecule has 0 saturated heterocycles. The van der Waals surface area contributed by atoms with E-state index in [0.29, 0.717) is 26.1 Å². The van der Waals surface area contributed by atoms with Gasteiger partial charge in [-0.2, -0.15) is 0 Å². The van der Waals surface area contributed by atoms with Gasteiger partial charge in [0.2, 0.25) is 0 Å². The minimum atomic E-state index is -0.488. The molecule has 0 rings (SSSR count). The predicted octanol–water partition coefficient (Wildman–Crippen LogP) is 10.7. The molecule has 0 spiro atoms. The third-order valence-electron chi connectivity index (χ3n) is 8.24. The molecule has 0 radical (unpaired) electrons. The van der Waals surface area contributed by atoms with Crippen molar-refractivity contribution in [3.63, 3.8) is 0 Å². The summed E-state index contributed by atoms with van der Waals surface area (Å²) in [5.74, 6) is 0. The first-order chi connectivity index (χ1) is 19.7. The van der Waals surface area contributed by atoms with Gasteiger partial charge in [0.25, 0.3) is 0 Å². The van der Waals surface area contributed by atoms with Crippen LogP contribution >= 0.6 is 0 Å². The molecule has 0 saturated carbocycles. The molecule has 0 amide bonds. The highest BCUT2D eigenvalue weighted by molar-refractivity contribution is 4.61. The first kappa shape index (κ1) is 39.8. The molecule has 0 aromatic carbocycles. The van der Waals surface area contributed by atoms with Crippen LogP contribution in [0, 0.1) is 0 Å². The Kier molecular flexibility index (Phi) is 34.9. The molecule has 2 atom stereocenters. The van der Waals surface area contributed by atoms with E-state index >= 15 is 0 Å². The highest BCUT2D eigenvalue weighted by Crippen LogP contribution is 2.14. The largest absolute Gasteiger partial charge is 0.391 e. The van der Waals surface area contributed by atoms with Crippen LogP contribution in [0.5, 0.6) is 0 Å². The van der Waals surface area contributed by atoms with Crippen LogP contribution in [0.3, 0.4) is 0 Å². The zero-order valence-corrected chi connectivity index (χ0v) is 27.5. The van der Waals surface area contributed by atoms with E-state index in [1.54, 1.807) is 0 Å². The number of hydrogen-bond acceptors (Lipinski definition) is 4. The van der Waals surface area contributed by atoms with Crippen molar-refractivity contribution in [3.8, 4) is 0 Å². The third-order valence-corrected chi connectivity index (χ3v) is 8.24. The van der Waals surface area contributed by atoms with E-state index in [2.05, 4.69) is 13.8 Å². The van der Waals surface area contributed by atoms with E-state index in [0.717, 1.165) is 26.1 Å². The molecule has 0 fully saturated rings. The van der Waals surface area contributed by atoms with Crippen LogP contribution in [0.25, 0.3) is 0 Å². The molecule has 0 aliphatic rings. The van der Waals surface area contributed by atoms with E-state index in [-0.39, 0.29) is 0 Å². The molecule has 0 bridgehead atoms. The van der Waals surface area contributed by atoms with E-state index < -0.39 is 12.2 Å². The SMILES string of the molecule is CCCCCCCCCCCCCCCOC[C@H](O)CC[C@H](O)COCCCCCCCCCCCCCCC. The maximum absolute atomic E-state index is 10.1. The normalized spacial score (nSPS) is 13.2. The molecule has 0 heterocycles. The molecule has 40 heavy (non-hydrogen) atoms. The summed E-state index contributed by atoms with van der Waals surface area (Å²) in [4.78, 5) is 0. The van der Waals surface area contributed by atoms with Gasteiger partial charge in [0, 0.05) is 13.2 Å². The van der Waals surface area contributed by atoms with Crippen LogP contribution in [-0.4, -0.2) is 48.8 Å². The van der Waals surface area contributed by atoms with Gasteiger partial charge >= 0.3 is 0 Å². The summed E-state index contributed by atoms with van der Waals surface area (Å²) in [6, 6.07) is 0. The number of hydrogen-bond donors (Lipinski definition) is 2. The van der Waals surface area contributed by atoms with Gasteiger partial charge in [-0.05, 0) is 25.7 Å². The van der Waals surface area contributed by atoms with Crippen molar-refractivity contribution in [2.45, 2.75) is 206 Å². The highest BCUT2D eigenvalue weighted by Gasteiger charge is 2.10. The van der Waals surface area contributed by atoms with Gasteiger partial charge in [-0.15, -0.1) is 0 Å². The molecule has 4 nitrogen and oxygen atoms in total. The van der Waals surface area contributed by atoms with Crippen molar-refractivity contribution in [3.05, 3.63) is 0 Å². The van der Waals surface area contributed by atoms with E-state index in [9.17, 15) is 10.2 Å². The summed E-state index contributed by atoms with van der Waals surface area (Å²) in [5.41, 5.74) is 0. The maximum Gasteiger partial charge on any atom is 0.0774 e. The first-order valence-corrected chi connectivity index (χ1v) is 18.2. The van der Waals surface area contributed by atoms with Crippen LogP contribution in [0.2, 0.25) is 0 Å². The second-order valence-electron chi connectivity index (χ2n) is 12.5. The fourth-order valence-electron chi connectivity index (χ4n) is 5.43. The van der Waals surface area contributed by atoms with Crippen molar-refractivity contribution in [1.29, 1.82) is 0 Å². The third kappa shape index (κ3) is 34.0. The predicted molar refractivity (Wildman–Crippen MR) is 174 cm³/mol. The minimum Gasteiger partial charge on any atom is -0.391 e. The molecule has 0 unspecified atom stereocenters. The lowest BCUT2D eigenvalue weighted by Gasteiger charge is -2.15. The molecular weight excluding hydrogens is 496 g/mol. The smallest absolute Gasteiger partial charge is 0.0774 e. The van der Waals surface area contributed by atoms with Gasteiger partial charge in [-0.1, -0.05) is 168 Å². The maximum atomic E-state index is 10.1. The summed E-state index contributed by atoms with van der Waals surface area (Å²) >= 11 is 0. The van der Waals surface area contributed by atoms with E-state index in [1.165, 1.54) is 154 Å². The van der Waals surface area contributed by atoms with Gasteiger partial charge < -0.3 is 19.7 Å². The zero-order chi connectivity index (χ0) is 29.2. The zero-order valence-electron chi connectivity index (χ0n) is 27.5. The lowest BCUT2D eigenvalue weighted by Crippen LogP contribution is -2.21. The van der Waals surface area contributed by atoms with Crippen molar-refractivity contribution in [2.75, 3.05) is 26.4 Å². The average molecular weight is 571 g/mol. The van der Waals surface area contributed by atoms with Crippen LogP contribution in [0.1, 0.15) is 194 Å². The Morgan fingerprint density at radius 3 is 0.825 bits per heavy atom. The van der Waals surface area contributed by atoms with Crippen molar-refractivity contribution < 1.29 is 19.7 Å². The standard InChI is InChI=1S/C36H74O4/c1-3-5-7-9-11-13-15-17-19-21-23-25-27-31-39-33-35(37)29-30-36(38)34-40-32-28-26-24-22-20-18-16-14-12-10-8-6-4-2/h35-38H,3-34H2,1-2H3/t35-,36+. The number of aliphatic hydroxyl groups excluding tert-OH is 2. The summed E-state index contributed by atoms with van der Waals surface area (Å²) < 4.78 is 11.3. The molecule has 242 valence electrons. The summed E-state index contributed by atoms with van der Waals surface area (Å²) in [7, 11) is 0. The second kappa shape index (κ2) is 35.0.